The lowest BCUT2D eigenvalue weighted by Crippen LogP contribution is -2.65. The third-order valence-corrected chi connectivity index (χ3v) is 10.2. The smallest absolute Gasteiger partial charge is 0.305 e. The number of hydrogen-bond acceptors (Lipinski definition) is 19. The van der Waals surface area contributed by atoms with Crippen molar-refractivity contribution in [1.82, 2.24) is 37.2 Å². The highest BCUT2D eigenvalue weighted by Gasteiger charge is 2.47. The summed E-state index contributed by atoms with van der Waals surface area (Å²) >= 11 is 0. The van der Waals surface area contributed by atoms with E-state index >= 15 is 0 Å². The molecule has 30 nitrogen and oxygen atoms in total. The SMILES string of the molecule is CCC(=O)NCC1OC(C(=O)N[C@@H](CC(=O)O)C(=O)N[C@@H](CCC(=O)O)C(=O)N[C@H](C(=O)N[C@@H](CC(=O)O)C(=O)N[C@@H](C)C(=O)NCCOCCOCCOCCOCCC(=O)O)C(C)C)C(O)C(O)C1O. The molecule has 0 aromatic heterocycles. The molecule has 30 heteroatoms. The fourth-order valence-corrected chi connectivity index (χ4v) is 6.26. The number of aliphatic carboxylic acids is 4. The Balaban J connectivity index is 2.93. The Morgan fingerprint density at radius 2 is 1.00 bits per heavy atom. The van der Waals surface area contributed by atoms with Crippen LogP contribution in [0.1, 0.15) is 66.2 Å². The van der Waals surface area contributed by atoms with Crippen LogP contribution in [0, 0.1) is 5.92 Å². The minimum absolute atomic E-state index is 0.00321. The molecule has 10 atom stereocenters. The van der Waals surface area contributed by atoms with Crippen molar-refractivity contribution in [2.45, 2.75) is 127 Å². The van der Waals surface area contributed by atoms with Crippen molar-refractivity contribution in [3.8, 4) is 0 Å². The first-order valence-electron chi connectivity index (χ1n) is 22.8. The maximum atomic E-state index is 13.7. The van der Waals surface area contributed by atoms with Gasteiger partial charge in [-0.2, -0.15) is 0 Å². The van der Waals surface area contributed by atoms with E-state index in [0.29, 0.717) is 0 Å². The Morgan fingerprint density at radius 3 is 1.51 bits per heavy atom. The summed E-state index contributed by atoms with van der Waals surface area (Å²) in [6, 6.07) is -8.60. The first-order valence-corrected chi connectivity index (χ1v) is 22.8. The zero-order valence-corrected chi connectivity index (χ0v) is 40.3. The highest BCUT2D eigenvalue weighted by molar-refractivity contribution is 5.98. The zero-order valence-electron chi connectivity index (χ0n) is 40.3. The maximum absolute atomic E-state index is 13.7. The topological polar surface area (TPSA) is 460 Å². The van der Waals surface area contributed by atoms with Gasteiger partial charge in [-0.1, -0.05) is 20.8 Å². The van der Waals surface area contributed by atoms with Gasteiger partial charge in [0.1, 0.15) is 54.6 Å². The minimum Gasteiger partial charge on any atom is -0.481 e. The third kappa shape index (κ3) is 25.3. The number of amides is 7. The van der Waals surface area contributed by atoms with Crippen molar-refractivity contribution in [2.75, 3.05) is 65.9 Å². The summed E-state index contributed by atoms with van der Waals surface area (Å²) in [6.45, 7) is 6.68. The van der Waals surface area contributed by atoms with Crippen molar-refractivity contribution in [3.63, 3.8) is 0 Å². The largest absolute Gasteiger partial charge is 0.481 e. The summed E-state index contributed by atoms with van der Waals surface area (Å²) in [5.41, 5.74) is 0. The van der Waals surface area contributed by atoms with E-state index in [4.69, 9.17) is 28.8 Å². The number of ether oxygens (including phenoxy) is 5. The number of carboxylic acid groups (broad SMARTS) is 4. The van der Waals surface area contributed by atoms with Crippen LogP contribution in [0.4, 0.5) is 0 Å². The van der Waals surface area contributed by atoms with Crippen molar-refractivity contribution < 1.29 is 112 Å². The van der Waals surface area contributed by atoms with Crippen molar-refractivity contribution in [3.05, 3.63) is 0 Å². The van der Waals surface area contributed by atoms with E-state index in [9.17, 15) is 83.4 Å². The van der Waals surface area contributed by atoms with E-state index in [0.717, 1.165) is 0 Å². The molecular formula is C42H69N7O23. The van der Waals surface area contributed by atoms with Crippen LogP contribution in [0.5, 0.6) is 0 Å². The minimum atomic E-state index is -2.13. The van der Waals surface area contributed by atoms with Gasteiger partial charge in [0.25, 0.3) is 5.91 Å². The average molecular weight is 1040 g/mol. The lowest BCUT2D eigenvalue weighted by atomic mass is 9.94. The average Bonchev–Trinajstić information content (AvgIpc) is 3.30. The van der Waals surface area contributed by atoms with Crippen molar-refractivity contribution in [2.24, 2.45) is 5.92 Å². The van der Waals surface area contributed by atoms with E-state index < -0.39 is 164 Å². The predicted octanol–water partition coefficient (Wildman–Crippen LogP) is -6.07. The molecule has 0 aromatic rings. The quantitative estimate of drug-likeness (QED) is 0.0258. The Labute approximate surface area is 412 Å². The molecule has 7 amide bonds. The van der Waals surface area contributed by atoms with Gasteiger partial charge in [-0.05, 0) is 19.3 Å². The number of hydrogen-bond donors (Lipinski definition) is 14. The standard InChI is InChI=1S/C42H69N7O23/c1-5-27(50)44-20-26-33(59)34(60)35(61)36(72-26)42(67)48-25(19-31(57)58)40(65)46-23(6-7-28(51)52)38(63)49-32(21(2)3)41(66)47-24(18-30(55)56)39(64)45-22(4)37(62)43-9-11-69-13-15-71-17-16-70-14-12-68-10-8-29(53)54/h21-26,32-36,59-61H,5-20H2,1-4H3,(H,43,62)(H,44,50)(H,45,64)(H,46,65)(H,47,66)(H,48,67)(H,49,63)(H,51,52)(H,53,54)(H,55,56)(H,57,58)/t22-,23-,24-,25-,26?,32-,33?,34?,35?,36?/m0/s1. The number of aliphatic hydroxyl groups excluding tert-OH is 3. The molecule has 1 saturated heterocycles. The molecule has 410 valence electrons. The Morgan fingerprint density at radius 1 is 0.514 bits per heavy atom. The zero-order chi connectivity index (χ0) is 54.5. The van der Waals surface area contributed by atoms with Crippen LogP contribution in [0.2, 0.25) is 0 Å². The van der Waals surface area contributed by atoms with Gasteiger partial charge in [0, 0.05) is 25.9 Å². The molecule has 0 spiro atoms. The fourth-order valence-electron chi connectivity index (χ4n) is 6.26. The van der Waals surface area contributed by atoms with Crippen LogP contribution in [0.15, 0.2) is 0 Å². The number of aliphatic hydroxyl groups is 3. The summed E-state index contributed by atoms with van der Waals surface area (Å²) in [5, 5.41) is 84.2. The second-order valence-electron chi connectivity index (χ2n) is 16.4. The summed E-state index contributed by atoms with van der Waals surface area (Å²) in [4.78, 5) is 137. The van der Waals surface area contributed by atoms with E-state index in [-0.39, 0.29) is 72.2 Å². The molecule has 1 aliphatic rings. The Bertz CT molecular complexity index is 1820. The number of carbonyl (C=O) groups is 11. The van der Waals surface area contributed by atoms with Gasteiger partial charge < -0.3 is 96.6 Å². The van der Waals surface area contributed by atoms with E-state index in [1.807, 2.05) is 5.32 Å². The van der Waals surface area contributed by atoms with Gasteiger partial charge in [-0.25, -0.2) is 0 Å². The summed E-state index contributed by atoms with van der Waals surface area (Å²) in [5.74, 6) is -13.9. The van der Waals surface area contributed by atoms with Gasteiger partial charge >= 0.3 is 23.9 Å². The molecule has 5 unspecified atom stereocenters. The Kier molecular flexibility index (Phi) is 30.4. The Hall–Kier alpha value is -6.15. The van der Waals surface area contributed by atoms with E-state index in [1.54, 1.807) is 0 Å². The van der Waals surface area contributed by atoms with E-state index in [1.165, 1.54) is 27.7 Å². The molecule has 1 fully saturated rings. The van der Waals surface area contributed by atoms with Crippen LogP contribution < -0.4 is 37.2 Å². The fraction of sp³-hybridized carbons (Fsp3) is 0.738. The highest BCUT2D eigenvalue weighted by Crippen LogP contribution is 2.22. The van der Waals surface area contributed by atoms with Gasteiger partial charge in [0.2, 0.25) is 35.4 Å². The van der Waals surface area contributed by atoms with Crippen LogP contribution in [-0.4, -0.2) is 228 Å². The number of carbonyl (C=O) groups excluding carboxylic acids is 7. The van der Waals surface area contributed by atoms with Crippen molar-refractivity contribution in [1.29, 1.82) is 0 Å². The molecule has 0 bridgehead atoms. The normalized spacial score (nSPS) is 19.5. The molecular weight excluding hydrogens is 970 g/mol. The molecule has 0 aliphatic carbocycles. The molecule has 0 radical (unpaired) electrons. The monoisotopic (exact) mass is 1040 g/mol. The molecule has 72 heavy (non-hydrogen) atoms. The maximum Gasteiger partial charge on any atom is 0.305 e. The molecule has 1 aliphatic heterocycles. The molecule has 0 saturated carbocycles. The lowest BCUT2D eigenvalue weighted by molar-refractivity contribution is -0.219. The van der Waals surface area contributed by atoms with Gasteiger partial charge in [0.15, 0.2) is 6.10 Å². The van der Waals surface area contributed by atoms with E-state index in [2.05, 4.69) is 31.9 Å². The first-order chi connectivity index (χ1) is 33.9. The van der Waals surface area contributed by atoms with Gasteiger partial charge in [-0.15, -0.1) is 0 Å². The molecule has 14 N–H and O–H groups in total. The summed E-state index contributed by atoms with van der Waals surface area (Å²) in [6.07, 6.45) is -13.2. The van der Waals surface area contributed by atoms with Gasteiger partial charge in [-0.3, -0.25) is 52.7 Å². The molecule has 0 aromatic carbocycles. The van der Waals surface area contributed by atoms with Crippen molar-refractivity contribution >= 4 is 65.2 Å². The second-order valence-corrected chi connectivity index (χ2v) is 16.4. The van der Waals surface area contributed by atoms with Crippen LogP contribution >= 0.6 is 0 Å². The number of carboxylic acids is 4. The highest BCUT2D eigenvalue weighted by atomic mass is 16.6. The van der Waals surface area contributed by atoms with Crippen LogP contribution in [0.25, 0.3) is 0 Å². The van der Waals surface area contributed by atoms with Crippen LogP contribution in [-0.2, 0) is 76.4 Å². The molecule has 1 heterocycles. The first kappa shape index (κ1) is 63.9. The lowest BCUT2D eigenvalue weighted by Gasteiger charge is -2.40. The number of rotatable bonds is 37. The van der Waals surface area contributed by atoms with Gasteiger partial charge in [0.05, 0.1) is 72.1 Å². The predicted molar refractivity (Wildman–Crippen MR) is 240 cm³/mol. The summed E-state index contributed by atoms with van der Waals surface area (Å²) < 4.78 is 26.5. The summed E-state index contributed by atoms with van der Waals surface area (Å²) in [7, 11) is 0. The third-order valence-electron chi connectivity index (χ3n) is 10.2. The second kappa shape index (κ2) is 34.3. The van der Waals surface area contributed by atoms with Crippen LogP contribution in [0.3, 0.4) is 0 Å². The number of nitrogens with one attached hydrogen (secondary N) is 7. The molecule has 1 rings (SSSR count).